The minimum atomic E-state index is 1.03. The highest BCUT2D eigenvalue weighted by atomic mass is 14.2. The molecule has 1 aliphatic carbocycles. The van der Waals surface area contributed by atoms with E-state index >= 15 is 0 Å². The van der Waals surface area contributed by atoms with Gasteiger partial charge in [-0.25, -0.2) is 0 Å². The van der Waals surface area contributed by atoms with E-state index in [1.54, 1.807) is 5.57 Å². The van der Waals surface area contributed by atoms with Crippen LogP contribution < -0.4 is 0 Å². The van der Waals surface area contributed by atoms with Crippen molar-refractivity contribution in [3.8, 4) is 0 Å². The van der Waals surface area contributed by atoms with Gasteiger partial charge >= 0.3 is 0 Å². The smallest absolute Gasteiger partial charge is 0.0318 e. The molecule has 12 heavy (non-hydrogen) atoms. The lowest BCUT2D eigenvalue weighted by molar-refractivity contribution is 0.397. The number of unbranched alkanes of at least 4 members (excludes halogenated alkanes) is 1. The van der Waals surface area contributed by atoms with Crippen molar-refractivity contribution in [2.24, 2.45) is 5.92 Å². The quantitative estimate of drug-likeness (QED) is 0.548. The fourth-order valence-corrected chi connectivity index (χ4v) is 2.01. The van der Waals surface area contributed by atoms with Crippen molar-refractivity contribution in [1.82, 2.24) is 0 Å². The highest BCUT2D eigenvalue weighted by molar-refractivity contribution is 5.04. The van der Waals surface area contributed by atoms with E-state index in [0.29, 0.717) is 0 Å². The second-order valence-corrected chi connectivity index (χ2v) is 4.00. The Hall–Kier alpha value is -0.260. The third-order valence-electron chi connectivity index (χ3n) is 3.05. The van der Waals surface area contributed by atoms with Crippen LogP contribution in [0.3, 0.4) is 0 Å². The molecule has 70 valence electrons. The van der Waals surface area contributed by atoms with Crippen LogP contribution in [0.5, 0.6) is 0 Å². The molecule has 0 atom stereocenters. The molecule has 0 aromatic rings. The van der Waals surface area contributed by atoms with E-state index in [9.17, 15) is 0 Å². The zero-order valence-corrected chi connectivity index (χ0v) is 8.60. The van der Waals surface area contributed by atoms with Crippen molar-refractivity contribution < 1.29 is 0 Å². The van der Waals surface area contributed by atoms with Crippen LogP contribution in [0.1, 0.15) is 58.8 Å². The van der Waals surface area contributed by atoms with Gasteiger partial charge in [0, 0.05) is 0 Å². The van der Waals surface area contributed by atoms with Gasteiger partial charge < -0.3 is 0 Å². The molecule has 0 heterocycles. The Morgan fingerprint density at radius 3 is 2.42 bits per heavy atom. The first kappa shape index (κ1) is 9.83. The highest BCUT2D eigenvalue weighted by Gasteiger charge is 2.13. The summed E-state index contributed by atoms with van der Waals surface area (Å²) in [5.74, 6) is 1.03. The van der Waals surface area contributed by atoms with Gasteiger partial charge in [-0.2, -0.15) is 0 Å². The minimum absolute atomic E-state index is 1.03. The Morgan fingerprint density at radius 1 is 1.25 bits per heavy atom. The SMILES string of the molecule is CCCC=C1CCC(CC)CC1. The van der Waals surface area contributed by atoms with Crippen LogP contribution in [0.15, 0.2) is 11.6 Å². The van der Waals surface area contributed by atoms with Gasteiger partial charge in [-0.05, 0) is 38.0 Å². The van der Waals surface area contributed by atoms with Gasteiger partial charge in [0.2, 0.25) is 0 Å². The van der Waals surface area contributed by atoms with Crippen LogP contribution in [0, 0.1) is 5.92 Å². The molecular formula is C12H22. The van der Waals surface area contributed by atoms with E-state index in [0.717, 1.165) is 5.92 Å². The second-order valence-electron chi connectivity index (χ2n) is 4.00. The first-order valence-electron chi connectivity index (χ1n) is 5.54. The Morgan fingerprint density at radius 2 is 1.92 bits per heavy atom. The molecule has 0 aromatic carbocycles. The highest BCUT2D eigenvalue weighted by Crippen LogP contribution is 2.30. The van der Waals surface area contributed by atoms with Gasteiger partial charge in [-0.1, -0.05) is 38.3 Å². The Bertz CT molecular complexity index is 134. The lowest BCUT2D eigenvalue weighted by Gasteiger charge is -2.22. The number of hydrogen-bond acceptors (Lipinski definition) is 0. The van der Waals surface area contributed by atoms with Crippen LogP contribution in [-0.2, 0) is 0 Å². The summed E-state index contributed by atoms with van der Waals surface area (Å²) in [5, 5.41) is 0. The third-order valence-corrected chi connectivity index (χ3v) is 3.05. The summed E-state index contributed by atoms with van der Waals surface area (Å²) in [5.41, 5.74) is 1.74. The average molecular weight is 166 g/mol. The monoisotopic (exact) mass is 166 g/mol. The fraction of sp³-hybridized carbons (Fsp3) is 0.833. The zero-order chi connectivity index (χ0) is 8.81. The van der Waals surface area contributed by atoms with Gasteiger partial charge in [0.05, 0.1) is 0 Å². The lowest BCUT2D eigenvalue weighted by atomic mass is 9.84. The van der Waals surface area contributed by atoms with Gasteiger partial charge in [-0.3, -0.25) is 0 Å². The summed E-state index contributed by atoms with van der Waals surface area (Å²) >= 11 is 0. The van der Waals surface area contributed by atoms with Crippen molar-refractivity contribution in [2.45, 2.75) is 58.8 Å². The Labute approximate surface area is 77.1 Å². The maximum atomic E-state index is 2.48. The summed E-state index contributed by atoms with van der Waals surface area (Å²) in [6.07, 6.45) is 12.1. The van der Waals surface area contributed by atoms with Crippen molar-refractivity contribution >= 4 is 0 Å². The predicted molar refractivity (Wildman–Crippen MR) is 55.2 cm³/mol. The van der Waals surface area contributed by atoms with Gasteiger partial charge in [-0.15, -0.1) is 0 Å². The van der Waals surface area contributed by atoms with Crippen molar-refractivity contribution in [3.05, 3.63) is 11.6 Å². The largest absolute Gasteiger partial charge is 0.0853 e. The molecule has 1 saturated carbocycles. The van der Waals surface area contributed by atoms with Crippen LogP contribution in [-0.4, -0.2) is 0 Å². The second kappa shape index (κ2) is 5.40. The van der Waals surface area contributed by atoms with Gasteiger partial charge in [0.1, 0.15) is 0 Å². The first-order chi connectivity index (χ1) is 5.86. The van der Waals surface area contributed by atoms with Crippen LogP contribution in [0.2, 0.25) is 0 Å². The summed E-state index contributed by atoms with van der Waals surface area (Å²) in [6.45, 7) is 4.58. The molecule has 0 spiro atoms. The predicted octanol–water partition coefficient (Wildman–Crippen LogP) is 4.31. The van der Waals surface area contributed by atoms with E-state index in [4.69, 9.17) is 0 Å². The average Bonchev–Trinajstić information content (AvgIpc) is 2.15. The van der Waals surface area contributed by atoms with E-state index in [2.05, 4.69) is 19.9 Å². The normalized spacial score (nSPS) is 24.2. The molecule has 0 heteroatoms. The topological polar surface area (TPSA) is 0 Å². The molecule has 0 amide bonds. The Kier molecular flexibility index (Phi) is 4.42. The molecule has 1 aliphatic rings. The van der Waals surface area contributed by atoms with Crippen molar-refractivity contribution in [1.29, 1.82) is 0 Å². The maximum absolute atomic E-state index is 2.48. The zero-order valence-electron chi connectivity index (χ0n) is 8.60. The van der Waals surface area contributed by atoms with Crippen LogP contribution in [0.4, 0.5) is 0 Å². The molecule has 1 fully saturated rings. The number of allylic oxidation sites excluding steroid dienone is 2. The molecule has 0 unspecified atom stereocenters. The van der Waals surface area contributed by atoms with Crippen molar-refractivity contribution in [3.63, 3.8) is 0 Å². The fourth-order valence-electron chi connectivity index (χ4n) is 2.01. The van der Waals surface area contributed by atoms with Gasteiger partial charge in [0.25, 0.3) is 0 Å². The van der Waals surface area contributed by atoms with E-state index in [1.807, 2.05) is 0 Å². The standard InChI is InChI=1S/C12H22/c1-3-5-6-12-9-7-11(4-2)8-10-12/h6,11H,3-5,7-10H2,1-2H3. The summed E-state index contributed by atoms with van der Waals surface area (Å²) in [7, 11) is 0. The van der Waals surface area contributed by atoms with Crippen LogP contribution >= 0.6 is 0 Å². The molecule has 0 nitrogen and oxygen atoms in total. The third kappa shape index (κ3) is 3.00. The van der Waals surface area contributed by atoms with Crippen molar-refractivity contribution in [2.75, 3.05) is 0 Å². The number of hydrogen-bond donors (Lipinski definition) is 0. The molecule has 0 N–H and O–H groups in total. The number of rotatable bonds is 3. The van der Waals surface area contributed by atoms with E-state index in [-0.39, 0.29) is 0 Å². The Balaban J connectivity index is 2.25. The first-order valence-corrected chi connectivity index (χ1v) is 5.54. The minimum Gasteiger partial charge on any atom is -0.0853 e. The summed E-state index contributed by atoms with van der Waals surface area (Å²) < 4.78 is 0. The summed E-state index contributed by atoms with van der Waals surface area (Å²) in [4.78, 5) is 0. The molecule has 0 aromatic heterocycles. The van der Waals surface area contributed by atoms with E-state index in [1.165, 1.54) is 44.9 Å². The van der Waals surface area contributed by atoms with Crippen LogP contribution in [0.25, 0.3) is 0 Å². The van der Waals surface area contributed by atoms with E-state index < -0.39 is 0 Å². The molecular weight excluding hydrogens is 144 g/mol. The molecule has 0 bridgehead atoms. The molecule has 1 rings (SSSR count). The summed E-state index contributed by atoms with van der Waals surface area (Å²) in [6, 6.07) is 0. The molecule has 0 radical (unpaired) electrons. The van der Waals surface area contributed by atoms with Gasteiger partial charge in [0.15, 0.2) is 0 Å². The lowest BCUT2D eigenvalue weighted by Crippen LogP contribution is -2.06. The maximum Gasteiger partial charge on any atom is -0.0318 e. The molecule has 0 saturated heterocycles. The molecule has 0 aliphatic heterocycles.